The molecule has 0 aromatic heterocycles. The van der Waals surface area contributed by atoms with E-state index >= 15 is 0 Å². The fraction of sp³-hybridized carbons (Fsp3) is 1.00. The predicted molar refractivity (Wildman–Crippen MR) is 67.1 cm³/mol. The van der Waals surface area contributed by atoms with Gasteiger partial charge in [-0.2, -0.15) is 0 Å². The minimum Gasteiger partial charge on any atom is -0.395 e. The van der Waals surface area contributed by atoms with E-state index in [1.165, 1.54) is 12.8 Å². The third-order valence-corrected chi connectivity index (χ3v) is 2.47. The van der Waals surface area contributed by atoms with Crippen molar-refractivity contribution in [3.63, 3.8) is 0 Å². The number of hydrogen-bond acceptors (Lipinski definition) is 2. The van der Waals surface area contributed by atoms with Gasteiger partial charge in [0.25, 0.3) is 0 Å². The second-order valence-corrected chi connectivity index (χ2v) is 5.91. The fourth-order valence-electron chi connectivity index (χ4n) is 2.07. The van der Waals surface area contributed by atoms with Gasteiger partial charge < -0.3 is 10.0 Å². The number of aliphatic hydroxyl groups excluding tert-OH is 1. The van der Waals surface area contributed by atoms with Crippen molar-refractivity contribution in [2.45, 2.75) is 47.5 Å². The first-order valence-corrected chi connectivity index (χ1v) is 6.22. The topological polar surface area (TPSA) is 23.5 Å². The lowest BCUT2D eigenvalue weighted by atomic mass is 9.95. The summed E-state index contributed by atoms with van der Waals surface area (Å²) < 4.78 is 0. The van der Waals surface area contributed by atoms with Crippen LogP contribution in [0.4, 0.5) is 0 Å². The summed E-state index contributed by atoms with van der Waals surface area (Å²) in [7, 11) is 0. The van der Waals surface area contributed by atoms with Crippen molar-refractivity contribution in [2.24, 2.45) is 11.3 Å². The minimum absolute atomic E-state index is 0.273. The second kappa shape index (κ2) is 7.24. The van der Waals surface area contributed by atoms with E-state index in [-0.39, 0.29) is 6.61 Å². The van der Waals surface area contributed by atoms with Gasteiger partial charge in [0, 0.05) is 19.6 Å². The molecule has 92 valence electrons. The first kappa shape index (κ1) is 14.9. The average Bonchev–Trinajstić information content (AvgIpc) is 2.01. The van der Waals surface area contributed by atoms with Gasteiger partial charge in [-0.25, -0.2) is 0 Å². The monoisotopic (exact) mass is 215 g/mol. The summed E-state index contributed by atoms with van der Waals surface area (Å²) in [6.45, 7) is 14.6. The molecular formula is C13H29NO. The second-order valence-electron chi connectivity index (χ2n) is 5.91. The lowest BCUT2D eigenvalue weighted by Gasteiger charge is -2.31. The Morgan fingerprint density at radius 1 is 1.27 bits per heavy atom. The van der Waals surface area contributed by atoms with Gasteiger partial charge >= 0.3 is 0 Å². The first-order valence-electron chi connectivity index (χ1n) is 6.22. The predicted octanol–water partition coefficient (Wildman–Crippen LogP) is 2.76. The summed E-state index contributed by atoms with van der Waals surface area (Å²) in [5.74, 6) is 0.740. The van der Waals surface area contributed by atoms with Gasteiger partial charge in [0.1, 0.15) is 0 Å². The van der Waals surface area contributed by atoms with Crippen molar-refractivity contribution in [2.75, 3.05) is 26.2 Å². The minimum atomic E-state index is 0.273. The molecule has 1 atom stereocenters. The molecule has 0 heterocycles. The van der Waals surface area contributed by atoms with Crippen molar-refractivity contribution in [3.05, 3.63) is 0 Å². The molecule has 2 heteroatoms. The van der Waals surface area contributed by atoms with E-state index in [0.717, 1.165) is 25.6 Å². The zero-order valence-corrected chi connectivity index (χ0v) is 11.2. The van der Waals surface area contributed by atoms with Crippen LogP contribution in [0.15, 0.2) is 0 Å². The third-order valence-electron chi connectivity index (χ3n) is 2.47. The summed E-state index contributed by atoms with van der Waals surface area (Å²) in [5, 5.41) is 9.03. The Hall–Kier alpha value is -0.0800. The third kappa shape index (κ3) is 8.88. The highest BCUT2D eigenvalue weighted by Crippen LogP contribution is 2.17. The van der Waals surface area contributed by atoms with Crippen LogP contribution in [0.5, 0.6) is 0 Å². The van der Waals surface area contributed by atoms with Crippen molar-refractivity contribution in [1.29, 1.82) is 0 Å². The number of nitrogens with zero attached hydrogens (tertiary/aromatic N) is 1. The molecular weight excluding hydrogens is 186 g/mol. The maximum Gasteiger partial charge on any atom is 0.0558 e. The molecule has 0 aliphatic carbocycles. The standard InChI is InChI=1S/C13H29NO/c1-6-7-12(2)10-14(8-9-15)11-13(3,4)5/h12,15H,6-11H2,1-5H3. The van der Waals surface area contributed by atoms with Crippen LogP contribution in [0.1, 0.15) is 47.5 Å². The van der Waals surface area contributed by atoms with Crippen molar-refractivity contribution in [1.82, 2.24) is 4.90 Å². The summed E-state index contributed by atoms with van der Waals surface area (Å²) >= 11 is 0. The molecule has 0 aliphatic heterocycles. The Bertz CT molecular complexity index is 151. The summed E-state index contributed by atoms with van der Waals surface area (Å²) in [6, 6.07) is 0. The summed E-state index contributed by atoms with van der Waals surface area (Å²) in [5.41, 5.74) is 0.321. The Balaban J connectivity index is 4.03. The molecule has 0 bridgehead atoms. The smallest absolute Gasteiger partial charge is 0.0558 e. The molecule has 15 heavy (non-hydrogen) atoms. The molecule has 2 nitrogen and oxygen atoms in total. The van der Waals surface area contributed by atoms with Gasteiger partial charge in [-0.05, 0) is 17.8 Å². The molecule has 0 radical (unpaired) electrons. The molecule has 0 aromatic carbocycles. The van der Waals surface area contributed by atoms with Crippen LogP contribution in [0.2, 0.25) is 0 Å². The van der Waals surface area contributed by atoms with Gasteiger partial charge in [0.2, 0.25) is 0 Å². The van der Waals surface area contributed by atoms with E-state index in [9.17, 15) is 0 Å². The van der Waals surface area contributed by atoms with Gasteiger partial charge in [-0.15, -0.1) is 0 Å². The van der Waals surface area contributed by atoms with Gasteiger partial charge in [0.05, 0.1) is 6.61 Å². The van der Waals surface area contributed by atoms with Crippen molar-refractivity contribution >= 4 is 0 Å². The Morgan fingerprint density at radius 3 is 2.27 bits per heavy atom. The van der Waals surface area contributed by atoms with Crippen molar-refractivity contribution in [3.8, 4) is 0 Å². The summed E-state index contributed by atoms with van der Waals surface area (Å²) in [6.07, 6.45) is 2.54. The number of hydrogen-bond donors (Lipinski definition) is 1. The van der Waals surface area contributed by atoms with Crippen LogP contribution in [-0.2, 0) is 0 Å². The van der Waals surface area contributed by atoms with Crippen molar-refractivity contribution < 1.29 is 5.11 Å². The number of rotatable bonds is 7. The Labute approximate surface area is 95.7 Å². The molecule has 0 saturated carbocycles. The molecule has 0 amide bonds. The fourth-order valence-corrected chi connectivity index (χ4v) is 2.07. The van der Waals surface area contributed by atoms with Crippen LogP contribution >= 0.6 is 0 Å². The molecule has 1 unspecified atom stereocenters. The lowest BCUT2D eigenvalue weighted by Crippen LogP contribution is -2.37. The van der Waals surface area contributed by atoms with E-state index < -0.39 is 0 Å². The molecule has 0 spiro atoms. The molecule has 1 N–H and O–H groups in total. The van der Waals surface area contributed by atoms with Crippen LogP contribution in [0.3, 0.4) is 0 Å². The SMILES string of the molecule is CCCC(C)CN(CCO)CC(C)(C)C. The van der Waals surface area contributed by atoms with E-state index in [1.54, 1.807) is 0 Å². The largest absolute Gasteiger partial charge is 0.395 e. The molecule has 0 fully saturated rings. The maximum atomic E-state index is 9.03. The maximum absolute atomic E-state index is 9.03. The first-order chi connectivity index (χ1) is 6.89. The zero-order valence-electron chi connectivity index (χ0n) is 11.2. The van der Waals surface area contributed by atoms with Crippen LogP contribution in [0, 0.1) is 11.3 Å². The lowest BCUT2D eigenvalue weighted by molar-refractivity contribution is 0.135. The normalized spacial score (nSPS) is 14.6. The van der Waals surface area contributed by atoms with Crippen LogP contribution in [0.25, 0.3) is 0 Å². The van der Waals surface area contributed by atoms with Gasteiger partial charge in [-0.3, -0.25) is 0 Å². The van der Waals surface area contributed by atoms with Crippen LogP contribution < -0.4 is 0 Å². The number of aliphatic hydroxyl groups is 1. The van der Waals surface area contributed by atoms with E-state index in [0.29, 0.717) is 5.41 Å². The van der Waals surface area contributed by atoms with E-state index in [2.05, 4.69) is 39.5 Å². The molecule has 0 aromatic rings. The molecule has 0 saturated heterocycles. The Kier molecular flexibility index (Phi) is 7.20. The summed E-state index contributed by atoms with van der Waals surface area (Å²) in [4.78, 5) is 2.39. The molecule has 0 aliphatic rings. The van der Waals surface area contributed by atoms with Gasteiger partial charge in [0.15, 0.2) is 0 Å². The van der Waals surface area contributed by atoms with E-state index in [1.807, 2.05) is 0 Å². The zero-order chi connectivity index (χ0) is 11.9. The van der Waals surface area contributed by atoms with Crippen LogP contribution in [-0.4, -0.2) is 36.2 Å². The van der Waals surface area contributed by atoms with E-state index in [4.69, 9.17) is 5.11 Å². The average molecular weight is 215 g/mol. The quantitative estimate of drug-likeness (QED) is 0.706. The highest BCUT2D eigenvalue weighted by Gasteiger charge is 2.17. The van der Waals surface area contributed by atoms with Gasteiger partial charge in [-0.1, -0.05) is 41.0 Å². The highest BCUT2D eigenvalue weighted by molar-refractivity contribution is 4.70. The highest BCUT2D eigenvalue weighted by atomic mass is 16.3. The molecule has 0 rings (SSSR count). The Morgan fingerprint density at radius 2 is 1.87 bits per heavy atom.